The number of hydrogen-bond donors (Lipinski definition) is 6. The number of rotatable bonds is 13. The first-order valence-electron chi connectivity index (χ1n) is 11.3. The maximum Gasteiger partial charge on any atom is 0.348 e. The standard InChI is InChI=1S/C24H27N5O9/c1-3-16(32)21(29-12-26-17-18(25)27-19(13(2)31)28-20(17)29)38-15(10-30)11-37-24(22(33)34,23(35)36)9-14-7-5-4-6-8-14/h1,4-8,12-13,15-16,21,30-32H,9-11H2,2H3,(H,33,34)(H,35,36)(H2,25,27,28)/t13?,15-,16+,21+/m0/s1. The molecule has 0 bridgehead atoms. The second-order valence-corrected chi connectivity index (χ2v) is 8.32. The van der Waals surface area contributed by atoms with E-state index in [0.717, 1.165) is 0 Å². The smallest absolute Gasteiger partial charge is 0.348 e. The van der Waals surface area contributed by atoms with Gasteiger partial charge in [-0.2, -0.15) is 0 Å². The Labute approximate surface area is 216 Å². The normalized spacial score (nSPS) is 14.9. The number of hydrogen-bond acceptors (Lipinski definition) is 11. The highest BCUT2D eigenvalue weighted by atomic mass is 16.6. The van der Waals surface area contributed by atoms with Crippen molar-refractivity contribution in [1.82, 2.24) is 19.5 Å². The molecule has 0 aliphatic rings. The maximum atomic E-state index is 12.1. The van der Waals surface area contributed by atoms with E-state index < -0.39 is 61.7 Å². The lowest BCUT2D eigenvalue weighted by Gasteiger charge is -2.30. The third-order valence-corrected chi connectivity index (χ3v) is 5.59. The minimum atomic E-state index is -2.70. The number of anilines is 1. The molecule has 0 fully saturated rings. The summed E-state index contributed by atoms with van der Waals surface area (Å²) in [6, 6.07) is 8.00. The Morgan fingerprint density at radius 3 is 2.39 bits per heavy atom. The second kappa shape index (κ2) is 11.9. The van der Waals surface area contributed by atoms with Gasteiger partial charge < -0.3 is 40.7 Å². The van der Waals surface area contributed by atoms with Crippen LogP contribution in [0.1, 0.15) is 30.6 Å². The van der Waals surface area contributed by atoms with Crippen molar-refractivity contribution in [2.45, 2.75) is 43.5 Å². The van der Waals surface area contributed by atoms with Crippen LogP contribution in [0.3, 0.4) is 0 Å². The van der Waals surface area contributed by atoms with Gasteiger partial charge in [0.2, 0.25) is 0 Å². The predicted octanol–water partition coefficient (Wildman–Crippen LogP) is -0.501. The van der Waals surface area contributed by atoms with Gasteiger partial charge in [0.15, 0.2) is 29.6 Å². The highest BCUT2D eigenvalue weighted by Crippen LogP contribution is 2.26. The van der Waals surface area contributed by atoms with Gasteiger partial charge in [0.05, 0.1) is 19.5 Å². The van der Waals surface area contributed by atoms with Gasteiger partial charge in [-0.05, 0) is 12.5 Å². The maximum absolute atomic E-state index is 12.1. The quantitative estimate of drug-likeness (QED) is 0.121. The van der Waals surface area contributed by atoms with Crippen molar-refractivity contribution >= 4 is 28.9 Å². The first-order chi connectivity index (χ1) is 18.0. The number of nitrogens with two attached hydrogens (primary N) is 1. The zero-order chi connectivity index (χ0) is 28.0. The Morgan fingerprint density at radius 2 is 1.84 bits per heavy atom. The number of terminal acetylenes is 1. The van der Waals surface area contributed by atoms with Crippen LogP contribution >= 0.6 is 0 Å². The predicted molar refractivity (Wildman–Crippen MR) is 130 cm³/mol. The van der Waals surface area contributed by atoms with Gasteiger partial charge in [-0.25, -0.2) is 24.5 Å². The number of carboxylic acid groups (broad SMARTS) is 2. The van der Waals surface area contributed by atoms with E-state index >= 15 is 0 Å². The van der Waals surface area contributed by atoms with Gasteiger partial charge in [0.25, 0.3) is 5.60 Å². The summed E-state index contributed by atoms with van der Waals surface area (Å²) in [6.45, 7) is -0.0627. The molecule has 3 aromatic rings. The number of nitrogen functional groups attached to an aromatic ring is 1. The van der Waals surface area contributed by atoms with E-state index in [0.29, 0.717) is 5.56 Å². The van der Waals surface area contributed by atoms with E-state index in [9.17, 15) is 35.1 Å². The number of ether oxygens (including phenoxy) is 2. The van der Waals surface area contributed by atoms with Crippen LogP contribution in [0.2, 0.25) is 0 Å². The van der Waals surface area contributed by atoms with E-state index in [1.165, 1.54) is 17.8 Å². The SMILES string of the molecule is C#C[C@@H](O)[C@@H](O[C@@H](CO)COC(Cc1ccccc1)(C(=O)O)C(=O)O)n1cnc2c(N)nc(C(C)O)nc21. The Hall–Kier alpha value is -4.13. The molecule has 14 heteroatoms. The van der Waals surface area contributed by atoms with Crippen molar-refractivity contribution < 1.29 is 44.6 Å². The van der Waals surface area contributed by atoms with Gasteiger partial charge in [0, 0.05) is 6.42 Å². The first-order valence-corrected chi connectivity index (χ1v) is 11.3. The second-order valence-electron chi connectivity index (χ2n) is 8.32. The van der Waals surface area contributed by atoms with Crippen LogP contribution in [0.15, 0.2) is 36.7 Å². The molecule has 2 aromatic heterocycles. The minimum Gasteiger partial charge on any atom is -0.479 e. The molecule has 1 aromatic carbocycles. The van der Waals surface area contributed by atoms with Crippen LogP contribution in [0.5, 0.6) is 0 Å². The van der Waals surface area contributed by atoms with Crippen molar-refractivity contribution in [2.75, 3.05) is 18.9 Å². The summed E-state index contributed by atoms with van der Waals surface area (Å²) in [5.74, 6) is -1.53. The van der Waals surface area contributed by atoms with E-state index in [1.54, 1.807) is 30.3 Å². The Bertz CT molecular complexity index is 1310. The number of aliphatic hydroxyl groups is 3. The Morgan fingerprint density at radius 1 is 1.18 bits per heavy atom. The molecule has 0 saturated carbocycles. The lowest BCUT2D eigenvalue weighted by atomic mass is 9.94. The molecular formula is C24H27N5O9. The molecule has 1 unspecified atom stereocenters. The lowest BCUT2D eigenvalue weighted by molar-refractivity contribution is -0.195. The van der Waals surface area contributed by atoms with E-state index in [1.807, 2.05) is 0 Å². The molecule has 14 nitrogen and oxygen atoms in total. The Balaban J connectivity index is 1.92. The lowest BCUT2D eigenvalue weighted by Crippen LogP contribution is -2.52. The number of nitrogens with zero attached hydrogens (tertiary/aromatic N) is 4. The fourth-order valence-corrected chi connectivity index (χ4v) is 3.57. The van der Waals surface area contributed by atoms with Crippen molar-refractivity contribution in [3.63, 3.8) is 0 Å². The van der Waals surface area contributed by atoms with E-state index in [-0.39, 0.29) is 22.8 Å². The molecule has 2 heterocycles. The van der Waals surface area contributed by atoms with Crippen LogP contribution in [0.25, 0.3) is 11.2 Å². The fraction of sp³-hybridized carbons (Fsp3) is 0.375. The van der Waals surface area contributed by atoms with Crippen molar-refractivity contribution in [1.29, 1.82) is 0 Å². The fourth-order valence-electron chi connectivity index (χ4n) is 3.57. The number of imidazole rings is 1. The number of aromatic nitrogens is 4. The summed E-state index contributed by atoms with van der Waals surface area (Å²) in [5, 5.41) is 49.9. The highest BCUT2D eigenvalue weighted by molar-refractivity contribution is 6.02. The molecule has 202 valence electrons. The van der Waals surface area contributed by atoms with Crippen molar-refractivity contribution in [2.24, 2.45) is 0 Å². The number of benzene rings is 1. The van der Waals surface area contributed by atoms with Crippen molar-refractivity contribution in [3.8, 4) is 12.3 Å². The number of aliphatic hydroxyl groups excluding tert-OH is 3. The summed E-state index contributed by atoms with van der Waals surface area (Å²) >= 11 is 0. The number of carbonyl (C=O) groups is 2. The van der Waals surface area contributed by atoms with Gasteiger partial charge in [-0.15, -0.1) is 6.42 Å². The number of fused-ring (bicyclic) bond motifs is 1. The Kier molecular flexibility index (Phi) is 8.94. The van der Waals surface area contributed by atoms with E-state index in [4.69, 9.17) is 21.6 Å². The number of carboxylic acids is 2. The highest BCUT2D eigenvalue weighted by Gasteiger charge is 2.49. The van der Waals surface area contributed by atoms with Crippen molar-refractivity contribution in [3.05, 3.63) is 48.0 Å². The molecule has 0 radical (unpaired) electrons. The minimum absolute atomic E-state index is 0.0404. The largest absolute Gasteiger partial charge is 0.479 e. The van der Waals surface area contributed by atoms with Crippen LogP contribution in [-0.2, 0) is 25.5 Å². The first kappa shape index (κ1) is 28.4. The van der Waals surface area contributed by atoms with Gasteiger partial charge in [-0.3, -0.25) is 4.57 Å². The van der Waals surface area contributed by atoms with Crippen LogP contribution in [0.4, 0.5) is 5.82 Å². The van der Waals surface area contributed by atoms with Crippen LogP contribution in [0, 0.1) is 12.3 Å². The average molecular weight is 530 g/mol. The summed E-state index contributed by atoms with van der Waals surface area (Å²) < 4.78 is 12.3. The summed E-state index contributed by atoms with van der Waals surface area (Å²) in [7, 11) is 0. The summed E-state index contributed by atoms with van der Waals surface area (Å²) in [4.78, 5) is 36.4. The molecule has 38 heavy (non-hydrogen) atoms. The third kappa shape index (κ3) is 5.88. The molecular weight excluding hydrogens is 502 g/mol. The average Bonchev–Trinajstić information content (AvgIpc) is 3.32. The van der Waals surface area contributed by atoms with Crippen LogP contribution in [-0.4, -0.2) is 88.0 Å². The zero-order valence-electron chi connectivity index (χ0n) is 20.2. The van der Waals surface area contributed by atoms with Gasteiger partial charge >= 0.3 is 11.9 Å². The zero-order valence-corrected chi connectivity index (χ0v) is 20.2. The third-order valence-electron chi connectivity index (χ3n) is 5.59. The number of aliphatic carboxylic acids is 2. The van der Waals surface area contributed by atoms with E-state index in [2.05, 4.69) is 20.9 Å². The summed E-state index contributed by atoms with van der Waals surface area (Å²) in [5.41, 5.74) is 3.75. The molecule has 3 rings (SSSR count). The van der Waals surface area contributed by atoms with Gasteiger partial charge in [0.1, 0.15) is 17.7 Å². The molecule has 0 saturated heterocycles. The molecule has 0 aliphatic heterocycles. The van der Waals surface area contributed by atoms with Gasteiger partial charge in [-0.1, -0.05) is 36.3 Å². The molecule has 4 atom stereocenters. The monoisotopic (exact) mass is 529 g/mol. The molecule has 0 aliphatic carbocycles. The molecule has 7 N–H and O–H groups in total. The topological polar surface area (TPSA) is 223 Å². The molecule has 0 amide bonds. The van der Waals surface area contributed by atoms with Crippen LogP contribution < -0.4 is 5.73 Å². The molecule has 0 spiro atoms. The summed E-state index contributed by atoms with van der Waals surface area (Å²) in [6.07, 6.45) is 0.525.